The zero-order chi connectivity index (χ0) is 51.0. The molecule has 4 atom stereocenters. The average Bonchev–Trinajstić information content (AvgIpc) is 4.35. The standard InChI is InChI=1S/C29H48O5Si.C24H36O2.C5H12O3Si/c1-5-6-7-13-18-27(25(2)35(24-30,31-3)32-4)19-14-11-9-8-10-12-16-26-17-15-20-28(21-26)33-22-29-23-34-29;1-2-3-4-5-6-7-8-9-10-11-12-13-14-16-22-17-15-18-23(19-22)25-20-24-21-26-24;1-4-9(5-6,7-2)8-3/h7,13-15,17,19-21,25,27,29-30H,5-6,8-12,16,18,22-24H2,1-4H3;4-5,7-8,15,17-19,24H,2-3,6,9-14,16,20-21H2,1H3;4,6H,1,5H2,2-3H3/b13-7+,19-14+;5-4+,8-7+;. The third-order valence-electron chi connectivity index (χ3n) is 12.8. The third-order valence-corrected chi connectivity index (χ3v) is 18.9. The molecule has 0 radical (unpaired) electrons. The number of benzene rings is 2. The van der Waals surface area contributed by atoms with E-state index in [1.807, 2.05) is 12.1 Å². The number of aryl methyl sites for hydroxylation is 2. The Labute approximate surface area is 428 Å². The zero-order valence-electron chi connectivity index (χ0n) is 44.7. The minimum atomic E-state index is -2.63. The van der Waals surface area contributed by atoms with Crippen LogP contribution < -0.4 is 9.47 Å². The van der Waals surface area contributed by atoms with Crippen LogP contribution >= 0.6 is 0 Å². The Morgan fingerprint density at radius 1 is 0.614 bits per heavy atom. The second kappa shape index (κ2) is 40.3. The molecule has 12 heteroatoms. The Morgan fingerprint density at radius 2 is 1.09 bits per heavy atom. The number of aliphatic hydroxyl groups excluding tert-OH is 2. The number of epoxide rings is 2. The van der Waals surface area contributed by atoms with Gasteiger partial charge in [-0.25, -0.2) is 0 Å². The van der Waals surface area contributed by atoms with Gasteiger partial charge in [0.15, 0.2) is 0 Å². The second-order valence-corrected chi connectivity index (χ2v) is 25.2. The van der Waals surface area contributed by atoms with Crippen molar-refractivity contribution in [3.63, 3.8) is 0 Å². The molecule has 396 valence electrons. The lowest BCUT2D eigenvalue weighted by Gasteiger charge is -2.35. The van der Waals surface area contributed by atoms with Crippen LogP contribution in [0, 0.1) is 5.92 Å². The highest BCUT2D eigenvalue weighted by molar-refractivity contribution is 6.72. The van der Waals surface area contributed by atoms with Crippen molar-refractivity contribution in [1.82, 2.24) is 0 Å². The van der Waals surface area contributed by atoms with E-state index in [0.717, 1.165) is 69.7 Å². The summed E-state index contributed by atoms with van der Waals surface area (Å²) < 4.78 is 43.3. The normalized spacial score (nSPS) is 16.5. The summed E-state index contributed by atoms with van der Waals surface area (Å²) in [6.45, 7) is 13.1. The molecule has 2 fully saturated rings. The van der Waals surface area contributed by atoms with Crippen LogP contribution in [0.5, 0.6) is 11.5 Å². The number of ether oxygens (including phenoxy) is 4. The van der Waals surface area contributed by atoms with Gasteiger partial charge in [-0.3, -0.25) is 0 Å². The van der Waals surface area contributed by atoms with E-state index in [9.17, 15) is 5.11 Å². The summed E-state index contributed by atoms with van der Waals surface area (Å²) in [7, 11) is 1.35. The van der Waals surface area contributed by atoms with E-state index in [-0.39, 0.29) is 18.0 Å². The molecule has 0 aromatic heterocycles. The molecule has 2 aliphatic heterocycles. The predicted molar refractivity (Wildman–Crippen MR) is 294 cm³/mol. The topological polar surface area (TPSA) is 121 Å². The SMILES string of the molecule is C=C[Si](CO)(OC)OC.CCC/C=C/C/C=C/CCCCCCCc1cccc(OCC2CO2)c1.CCC/C=C/CC(/C=C/CCCCCCc1cccc(OCC2CO2)c1)C(C)[Si](CO)(OC)OC. The molecule has 0 aliphatic carbocycles. The first kappa shape index (κ1) is 63.0. The van der Waals surface area contributed by atoms with Gasteiger partial charge in [0.1, 0.15) is 36.9 Å². The average molecular weight is 1010 g/mol. The van der Waals surface area contributed by atoms with Crippen molar-refractivity contribution in [2.75, 3.05) is 67.3 Å². The molecule has 0 bridgehead atoms. The highest BCUT2D eigenvalue weighted by Crippen LogP contribution is 2.34. The third kappa shape index (κ3) is 28.8. The molecule has 2 heterocycles. The van der Waals surface area contributed by atoms with Crippen LogP contribution in [0.2, 0.25) is 5.54 Å². The first-order valence-electron chi connectivity index (χ1n) is 26.5. The van der Waals surface area contributed by atoms with Gasteiger partial charge in [-0.15, -0.1) is 6.58 Å². The smallest absolute Gasteiger partial charge is 0.390 e. The van der Waals surface area contributed by atoms with Crippen molar-refractivity contribution < 1.29 is 46.9 Å². The summed E-state index contributed by atoms with van der Waals surface area (Å²) in [5, 5.41) is 18.7. The summed E-state index contributed by atoms with van der Waals surface area (Å²) in [5.41, 5.74) is 4.45. The number of unbranched alkanes of at least 4 members (excludes halogenated alkanes) is 11. The molecular formula is C58H96O10Si2. The number of rotatable bonds is 39. The van der Waals surface area contributed by atoms with Gasteiger partial charge in [0.05, 0.1) is 25.7 Å². The van der Waals surface area contributed by atoms with Gasteiger partial charge < -0.3 is 46.9 Å². The maximum Gasteiger partial charge on any atom is 0.390 e. The van der Waals surface area contributed by atoms with E-state index in [1.54, 1.807) is 19.9 Å². The molecule has 0 saturated carbocycles. The lowest BCUT2D eigenvalue weighted by molar-refractivity contribution is 0.181. The van der Waals surface area contributed by atoms with Crippen LogP contribution in [0.15, 0.2) is 109 Å². The summed E-state index contributed by atoms with van der Waals surface area (Å²) in [6, 6.07) is 17.0. The number of aliphatic hydroxyl groups is 2. The zero-order valence-corrected chi connectivity index (χ0v) is 46.7. The Bertz CT molecular complexity index is 1680. The molecule has 2 saturated heterocycles. The van der Waals surface area contributed by atoms with Gasteiger partial charge in [-0.2, -0.15) is 0 Å². The van der Waals surface area contributed by atoms with Crippen LogP contribution in [0.3, 0.4) is 0 Å². The van der Waals surface area contributed by atoms with E-state index in [1.165, 1.54) is 102 Å². The maximum absolute atomic E-state index is 10.0. The van der Waals surface area contributed by atoms with Crippen molar-refractivity contribution in [1.29, 1.82) is 0 Å². The fourth-order valence-corrected chi connectivity index (χ4v) is 11.0. The highest BCUT2D eigenvalue weighted by atomic mass is 28.4. The van der Waals surface area contributed by atoms with Gasteiger partial charge in [-0.1, -0.05) is 139 Å². The Morgan fingerprint density at radius 3 is 1.51 bits per heavy atom. The number of allylic oxidation sites excluding steroid dienone is 8. The fraction of sp³-hybridized carbons (Fsp3) is 0.621. The molecule has 0 amide bonds. The maximum atomic E-state index is 10.0. The molecule has 2 aromatic rings. The monoisotopic (exact) mass is 1010 g/mol. The van der Waals surface area contributed by atoms with Crippen LogP contribution in [0.25, 0.3) is 0 Å². The van der Waals surface area contributed by atoms with E-state index < -0.39 is 17.1 Å². The van der Waals surface area contributed by atoms with Crippen LogP contribution in [-0.4, -0.2) is 107 Å². The molecule has 2 aliphatic rings. The van der Waals surface area contributed by atoms with Gasteiger partial charge in [0.2, 0.25) is 0 Å². The van der Waals surface area contributed by atoms with E-state index in [0.29, 0.717) is 31.3 Å². The fourth-order valence-electron chi connectivity index (χ4n) is 7.78. The molecule has 4 unspecified atom stereocenters. The van der Waals surface area contributed by atoms with Crippen LogP contribution in [0.4, 0.5) is 0 Å². The summed E-state index contributed by atoms with van der Waals surface area (Å²) in [6.07, 6.45) is 41.7. The summed E-state index contributed by atoms with van der Waals surface area (Å²) >= 11 is 0. The second-order valence-electron chi connectivity index (χ2n) is 18.4. The number of hydrogen-bond donors (Lipinski definition) is 2. The van der Waals surface area contributed by atoms with Crippen molar-refractivity contribution in [3.05, 3.63) is 121 Å². The molecule has 10 nitrogen and oxygen atoms in total. The van der Waals surface area contributed by atoms with Crippen molar-refractivity contribution in [3.8, 4) is 11.5 Å². The Kier molecular flexibility index (Phi) is 36.3. The quantitative estimate of drug-likeness (QED) is 0.0290. The minimum Gasteiger partial charge on any atom is -0.491 e. The van der Waals surface area contributed by atoms with E-state index in [4.69, 9.17) is 41.8 Å². The van der Waals surface area contributed by atoms with Gasteiger partial charge >= 0.3 is 17.1 Å². The lowest BCUT2D eigenvalue weighted by Crippen LogP contribution is -2.50. The van der Waals surface area contributed by atoms with Crippen molar-refractivity contribution >= 4 is 17.1 Å². The van der Waals surface area contributed by atoms with Gasteiger partial charge in [0.25, 0.3) is 0 Å². The Hall–Kier alpha value is -3.15. The summed E-state index contributed by atoms with van der Waals surface area (Å²) in [4.78, 5) is 0. The molecule has 4 rings (SSSR count). The predicted octanol–water partition coefficient (Wildman–Crippen LogP) is 13.2. The van der Waals surface area contributed by atoms with Crippen molar-refractivity contribution in [2.24, 2.45) is 5.92 Å². The van der Waals surface area contributed by atoms with Gasteiger partial charge in [-0.05, 0) is 124 Å². The van der Waals surface area contributed by atoms with E-state index in [2.05, 4.69) is 112 Å². The first-order chi connectivity index (χ1) is 34.2. The molecule has 70 heavy (non-hydrogen) atoms. The highest BCUT2D eigenvalue weighted by Gasteiger charge is 2.44. The summed E-state index contributed by atoms with van der Waals surface area (Å²) in [5.74, 6) is 2.24. The van der Waals surface area contributed by atoms with Crippen molar-refractivity contribution in [2.45, 2.75) is 161 Å². The Balaban J connectivity index is 0.000000420. The first-order valence-corrected chi connectivity index (χ1v) is 30.8. The lowest BCUT2D eigenvalue weighted by atomic mass is 9.99. The number of hydrogen-bond acceptors (Lipinski definition) is 10. The van der Waals surface area contributed by atoms with Crippen LogP contribution in [0.1, 0.15) is 141 Å². The minimum absolute atomic E-state index is 0.0197. The van der Waals surface area contributed by atoms with Gasteiger partial charge in [0, 0.05) is 34.0 Å². The molecule has 2 N–H and O–H groups in total. The molecular weight excluding hydrogens is 913 g/mol. The van der Waals surface area contributed by atoms with Crippen LogP contribution in [-0.2, 0) is 40.0 Å². The molecule has 0 spiro atoms. The van der Waals surface area contributed by atoms with E-state index >= 15 is 0 Å². The largest absolute Gasteiger partial charge is 0.491 e. The molecule has 2 aromatic carbocycles.